The van der Waals surface area contributed by atoms with Crippen molar-refractivity contribution in [2.75, 3.05) is 13.1 Å². The number of hydrogen-bond acceptors (Lipinski definition) is 1. The maximum atomic E-state index is 3.50. The molecule has 0 radical (unpaired) electrons. The minimum atomic E-state index is 0.736. The van der Waals surface area contributed by atoms with Crippen molar-refractivity contribution < 1.29 is 0 Å². The summed E-state index contributed by atoms with van der Waals surface area (Å²) in [5, 5.41) is 3.50. The van der Waals surface area contributed by atoms with Gasteiger partial charge in [-0.3, -0.25) is 0 Å². The molecule has 2 rings (SSSR count). The lowest BCUT2D eigenvalue weighted by atomic mass is 9.78. The van der Waals surface area contributed by atoms with E-state index in [9.17, 15) is 0 Å². The van der Waals surface area contributed by atoms with Crippen molar-refractivity contribution in [3.8, 4) is 0 Å². The molecule has 2 fully saturated rings. The number of hydrogen-bond donors (Lipinski definition) is 1. The third-order valence-corrected chi connectivity index (χ3v) is 3.57. The first-order valence-corrected chi connectivity index (χ1v) is 4.54. The van der Waals surface area contributed by atoms with E-state index < -0.39 is 0 Å². The molecule has 1 atom stereocenters. The molecule has 0 aromatic heterocycles. The maximum absolute atomic E-state index is 3.50. The molecule has 1 aliphatic heterocycles. The van der Waals surface area contributed by atoms with Crippen molar-refractivity contribution in [3.05, 3.63) is 0 Å². The zero-order valence-corrected chi connectivity index (χ0v) is 6.82. The zero-order chi connectivity index (χ0) is 7.03. The molecule has 0 bridgehead atoms. The van der Waals surface area contributed by atoms with Crippen LogP contribution in [0.2, 0.25) is 0 Å². The molecule has 1 heterocycles. The van der Waals surface area contributed by atoms with Gasteiger partial charge < -0.3 is 5.32 Å². The Morgan fingerprint density at radius 2 is 2.00 bits per heavy atom. The van der Waals surface area contributed by atoms with Gasteiger partial charge in [0.05, 0.1) is 0 Å². The van der Waals surface area contributed by atoms with Crippen molar-refractivity contribution in [1.82, 2.24) is 5.32 Å². The highest BCUT2D eigenvalue weighted by Gasteiger charge is 2.41. The molecule has 0 aromatic rings. The third kappa shape index (κ3) is 0.800. The van der Waals surface area contributed by atoms with Crippen LogP contribution in [0.3, 0.4) is 0 Å². The first-order chi connectivity index (χ1) is 4.83. The molecule has 0 amide bonds. The summed E-state index contributed by atoms with van der Waals surface area (Å²) in [6, 6.07) is 0. The molecular weight excluding hydrogens is 122 g/mol. The highest BCUT2D eigenvalue weighted by atomic mass is 14.9. The predicted molar refractivity (Wildman–Crippen MR) is 42.9 cm³/mol. The van der Waals surface area contributed by atoms with E-state index in [0.717, 1.165) is 11.3 Å². The Labute approximate surface area is 63.2 Å². The highest BCUT2D eigenvalue weighted by molar-refractivity contribution is 4.95. The average Bonchev–Trinajstić information content (AvgIpc) is 2.48. The quantitative estimate of drug-likeness (QED) is 0.539. The SMILES string of the molecule is CC1CNCC12CCCC2. The van der Waals surface area contributed by atoms with Gasteiger partial charge in [0.25, 0.3) is 0 Å². The second kappa shape index (κ2) is 2.23. The molecule has 1 nitrogen and oxygen atoms in total. The lowest BCUT2D eigenvalue weighted by molar-refractivity contribution is 0.251. The Bertz CT molecular complexity index is 119. The highest BCUT2D eigenvalue weighted by Crippen LogP contribution is 2.45. The maximum Gasteiger partial charge on any atom is 0.00110 e. The van der Waals surface area contributed by atoms with E-state index in [1.807, 2.05) is 0 Å². The Morgan fingerprint density at radius 1 is 1.30 bits per heavy atom. The van der Waals surface area contributed by atoms with Gasteiger partial charge in [-0.25, -0.2) is 0 Å². The zero-order valence-electron chi connectivity index (χ0n) is 6.82. The van der Waals surface area contributed by atoms with Gasteiger partial charge in [0.2, 0.25) is 0 Å². The summed E-state index contributed by atoms with van der Waals surface area (Å²) >= 11 is 0. The van der Waals surface area contributed by atoms with Crippen LogP contribution >= 0.6 is 0 Å². The molecule has 58 valence electrons. The van der Waals surface area contributed by atoms with Crippen molar-refractivity contribution in [2.24, 2.45) is 11.3 Å². The Kier molecular flexibility index (Phi) is 1.48. The monoisotopic (exact) mass is 139 g/mol. The smallest absolute Gasteiger partial charge is 0.00110 e. The second-order valence-corrected chi connectivity index (χ2v) is 4.10. The first-order valence-electron chi connectivity index (χ1n) is 4.54. The molecule has 1 saturated carbocycles. The van der Waals surface area contributed by atoms with Crippen LogP contribution in [0.4, 0.5) is 0 Å². The molecule has 0 aromatic carbocycles. The lowest BCUT2D eigenvalue weighted by Gasteiger charge is -2.26. The van der Waals surface area contributed by atoms with Crippen molar-refractivity contribution >= 4 is 0 Å². The first kappa shape index (κ1) is 6.66. The van der Waals surface area contributed by atoms with Crippen molar-refractivity contribution in [3.63, 3.8) is 0 Å². The molecule has 1 heteroatoms. The minimum Gasteiger partial charge on any atom is -0.316 e. The lowest BCUT2D eigenvalue weighted by Crippen LogP contribution is -2.24. The van der Waals surface area contributed by atoms with Crippen LogP contribution in [-0.2, 0) is 0 Å². The van der Waals surface area contributed by atoms with Gasteiger partial charge in [0.1, 0.15) is 0 Å². The predicted octanol–water partition coefficient (Wildman–Crippen LogP) is 1.79. The molecule has 10 heavy (non-hydrogen) atoms. The molecule has 1 unspecified atom stereocenters. The van der Waals surface area contributed by atoms with Crippen LogP contribution in [0.5, 0.6) is 0 Å². The summed E-state index contributed by atoms with van der Waals surface area (Å²) in [6.45, 7) is 4.97. The van der Waals surface area contributed by atoms with E-state index in [0.29, 0.717) is 0 Å². The summed E-state index contributed by atoms with van der Waals surface area (Å²) in [4.78, 5) is 0. The Balaban J connectivity index is 2.11. The summed E-state index contributed by atoms with van der Waals surface area (Å²) in [7, 11) is 0. The van der Waals surface area contributed by atoms with Gasteiger partial charge in [-0.2, -0.15) is 0 Å². The standard InChI is InChI=1S/C9H17N/c1-8-6-10-7-9(8)4-2-3-5-9/h8,10H,2-7H2,1H3. The van der Waals surface area contributed by atoms with Crippen LogP contribution < -0.4 is 5.32 Å². The normalized spacial score (nSPS) is 37.5. The van der Waals surface area contributed by atoms with E-state index in [1.165, 1.54) is 38.8 Å². The number of rotatable bonds is 0. The summed E-state index contributed by atoms with van der Waals surface area (Å²) in [6.07, 6.45) is 5.93. The van der Waals surface area contributed by atoms with Crippen LogP contribution in [0, 0.1) is 11.3 Å². The average molecular weight is 139 g/mol. The molecular formula is C9H17N. The largest absolute Gasteiger partial charge is 0.316 e. The number of nitrogens with one attached hydrogen (secondary N) is 1. The van der Waals surface area contributed by atoms with Crippen LogP contribution in [0.15, 0.2) is 0 Å². The van der Waals surface area contributed by atoms with Gasteiger partial charge in [0.15, 0.2) is 0 Å². The van der Waals surface area contributed by atoms with Crippen LogP contribution in [-0.4, -0.2) is 13.1 Å². The van der Waals surface area contributed by atoms with E-state index in [4.69, 9.17) is 0 Å². The fourth-order valence-corrected chi connectivity index (χ4v) is 2.68. The van der Waals surface area contributed by atoms with Crippen LogP contribution in [0.1, 0.15) is 32.6 Å². The van der Waals surface area contributed by atoms with E-state index in [2.05, 4.69) is 12.2 Å². The van der Waals surface area contributed by atoms with Crippen molar-refractivity contribution in [1.29, 1.82) is 0 Å². The summed E-state index contributed by atoms with van der Waals surface area (Å²) in [5.74, 6) is 0.940. The van der Waals surface area contributed by atoms with Crippen molar-refractivity contribution in [2.45, 2.75) is 32.6 Å². The molecule has 2 aliphatic rings. The molecule has 1 N–H and O–H groups in total. The minimum absolute atomic E-state index is 0.736. The van der Waals surface area contributed by atoms with Crippen LogP contribution in [0.25, 0.3) is 0 Å². The second-order valence-electron chi connectivity index (χ2n) is 4.10. The summed E-state index contributed by atoms with van der Waals surface area (Å²) < 4.78 is 0. The fraction of sp³-hybridized carbons (Fsp3) is 1.00. The van der Waals surface area contributed by atoms with E-state index in [-0.39, 0.29) is 0 Å². The van der Waals surface area contributed by atoms with Gasteiger partial charge in [-0.05, 0) is 30.7 Å². The van der Waals surface area contributed by atoms with Gasteiger partial charge in [-0.15, -0.1) is 0 Å². The summed E-state index contributed by atoms with van der Waals surface area (Å²) in [5.41, 5.74) is 0.736. The molecule has 1 aliphatic carbocycles. The molecule has 1 saturated heterocycles. The Hall–Kier alpha value is -0.0400. The molecule has 1 spiro atoms. The van der Waals surface area contributed by atoms with E-state index >= 15 is 0 Å². The fourth-order valence-electron chi connectivity index (χ4n) is 2.68. The van der Waals surface area contributed by atoms with Gasteiger partial charge in [0, 0.05) is 6.54 Å². The topological polar surface area (TPSA) is 12.0 Å². The van der Waals surface area contributed by atoms with E-state index in [1.54, 1.807) is 0 Å². The Morgan fingerprint density at radius 3 is 2.50 bits per heavy atom. The third-order valence-electron chi connectivity index (χ3n) is 3.57. The van der Waals surface area contributed by atoms with Gasteiger partial charge >= 0.3 is 0 Å². The van der Waals surface area contributed by atoms with Gasteiger partial charge in [-0.1, -0.05) is 19.8 Å².